The third kappa shape index (κ3) is 2.88. The molecule has 0 aliphatic carbocycles. The number of likely N-dealkylation sites (N-methyl/N-ethyl adjacent to an activating group) is 2. The van der Waals surface area contributed by atoms with Gasteiger partial charge in [0.05, 0.1) is 0 Å². The molecular weight excluding hydrogens is 192 g/mol. The molecule has 14 heavy (non-hydrogen) atoms. The maximum absolute atomic E-state index is 3.49. The van der Waals surface area contributed by atoms with Crippen LogP contribution in [0.4, 0.5) is 0 Å². The summed E-state index contributed by atoms with van der Waals surface area (Å²) in [4.78, 5) is 2.50. The molecule has 2 unspecified atom stereocenters. The summed E-state index contributed by atoms with van der Waals surface area (Å²) < 4.78 is 0. The van der Waals surface area contributed by atoms with Gasteiger partial charge in [-0.15, -0.1) is 0 Å². The molecule has 3 heteroatoms. The molecule has 0 saturated carbocycles. The van der Waals surface area contributed by atoms with Gasteiger partial charge in [-0.3, -0.25) is 0 Å². The van der Waals surface area contributed by atoms with Crippen LogP contribution in [-0.2, 0) is 0 Å². The quantitative estimate of drug-likeness (QED) is 0.756. The molecule has 0 aromatic rings. The van der Waals surface area contributed by atoms with Gasteiger partial charge >= 0.3 is 0 Å². The average Bonchev–Trinajstić information content (AvgIpc) is 2.07. The summed E-state index contributed by atoms with van der Waals surface area (Å²) in [6.45, 7) is 8.19. The van der Waals surface area contributed by atoms with Gasteiger partial charge in [0.25, 0.3) is 0 Å². The third-order valence-electron chi connectivity index (χ3n) is 3.07. The minimum atomic E-state index is 0.339. The monoisotopic (exact) mass is 216 g/mol. The van der Waals surface area contributed by atoms with E-state index in [2.05, 4.69) is 56.8 Å². The van der Waals surface area contributed by atoms with Crippen LogP contribution in [0.3, 0.4) is 0 Å². The van der Waals surface area contributed by atoms with Crippen molar-refractivity contribution in [3.63, 3.8) is 0 Å². The number of thioether (sulfide) groups is 1. The zero-order valence-corrected chi connectivity index (χ0v) is 10.9. The van der Waals surface area contributed by atoms with Gasteiger partial charge < -0.3 is 10.2 Å². The first-order valence-corrected chi connectivity index (χ1v) is 6.57. The summed E-state index contributed by atoms with van der Waals surface area (Å²) in [6.07, 6.45) is 0. The lowest BCUT2D eigenvalue weighted by molar-refractivity contribution is 0.144. The van der Waals surface area contributed by atoms with E-state index in [0.29, 0.717) is 17.5 Å². The van der Waals surface area contributed by atoms with E-state index in [9.17, 15) is 0 Å². The van der Waals surface area contributed by atoms with E-state index >= 15 is 0 Å². The highest BCUT2D eigenvalue weighted by Crippen LogP contribution is 2.28. The summed E-state index contributed by atoms with van der Waals surface area (Å²) in [6, 6.07) is 1.26. The zero-order chi connectivity index (χ0) is 10.8. The van der Waals surface area contributed by atoms with Crippen LogP contribution in [0.15, 0.2) is 0 Å². The predicted octanol–water partition coefficient (Wildman–Crippen LogP) is 1.67. The minimum Gasteiger partial charge on any atom is -0.315 e. The van der Waals surface area contributed by atoms with Gasteiger partial charge in [-0.25, -0.2) is 0 Å². The fourth-order valence-corrected chi connectivity index (χ4v) is 3.53. The first kappa shape index (κ1) is 12.3. The van der Waals surface area contributed by atoms with Crippen LogP contribution in [0, 0.1) is 5.41 Å². The lowest BCUT2D eigenvalue weighted by atomic mass is 9.82. The van der Waals surface area contributed by atoms with E-state index < -0.39 is 0 Å². The van der Waals surface area contributed by atoms with Crippen molar-refractivity contribution in [2.45, 2.75) is 32.9 Å². The van der Waals surface area contributed by atoms with Gasteiger partial charge in [-0.2, -0.15) is 11.8 Å². The highest BCUT2D eigenvalue weighted by Gasteiger charge is 2.34. The Morgan fingerprint density at radius 2 is 2.07 bits per heavy atom. The van der Waals surface area contributed by atoms with Crippen LogP contribution in [-0.4, -0.2) is 49.1 Å². The number of nitrogens with one attached hydrogen (secondary N) is 1. The number of nitrogens with zero attached hydrogens (tertiary/aromatic N) is 1. The molecule has 1 rings (SSSR count). The summed E-state index contributed by atoms with van der Waals surface area (Å²) in [7, 11) is 4.34. The Hall–Kier alpha value is 0.270. The van der Waals surface area contributed by atoms with Crippen molar-refractivity contribution in [1.29, 1.82) is 0 Å². The molecule has 0 radical (unpaired) electrons. The second kappa shape index (κ2) is 4.86. The van der Waals surface area contributed by atoms with Crippen molar-refractivity contribution in [3.8, 4) is 0 Å². The molecule has 1 saturated heterocycles. The van der Waals surface area contributed by atoms with Gasteiger partial charge in [0.2, 0.25) is 0 Å². The van der Waals surface area contributed by atoms with Crippen molar-refractivity contribution in [2.24, 2.45) is 5.41 Å². The predicted molar refractivity (Wildman–Crippen MR) is 66.0 cm³/mol. The SMILES string of the molecule is CNC(C1CSCCN1C)C(C)(C)C. The molecule has 0 aromatic carbocycles. The van der Waals surface area contributed by atoms with Crippen LogP contribution in [0.25, 0.3) is 0 Å². The first-order chi connectivity index (χ1) is 6.46. The standard InChI is InChI=1S/C11H24N2S/c1-11(2,3)10(12-4)9-8-14-7-6-13(9)5/h9-10,12H,6-8H2,1-5H3. The number of hydrogen-bond acceptors (Lipinski definition) is 3. The Morgan fingerprint density at radius 3 is 2.50 bits per heavy atom. The molecule has 1 aliphatic rings. The Morgan fingerprint density at radius 1 is 1.43 bits per heavy atom. The van der Waals surface area contributed by atoms with Crippen LogP contribution in [0.5, 0.6) is 0 Å². The van der Waals surface area contributed by atoms with E-state index in [4.69, 9.17) is 0 Å². The van der Waals surface area contributed by atoms with Crippen molar-refractivity contribution in [2.75, 3.05) is 32.1 Å². The second-order valence-corrected chi connectivity index (χ2v) is 6.41. The van der Waals surface area contributed by atoms with Crippen molar-refractivity contribution in [1.82, 2.24) is 10.2 Å². The molecule has 1 N–H and O–H groups in total. The molecule has 0 amide bonds. The van der Waals surface area contributed by atoms with E-state index in [1.54, 1.807) is 0 Å². The van der Waals surface area contributed by atoms with Gasteiger partial charge in [-0.1, -0.05) is 20.8 Å². The highest BCUT2D eigenvalue weighted by atomic mass is 32.2. The van der Waals surface area contributed by atoms with Crippen molar-refractivity contribution in [3.05, 3.63) is 0 Å². The number of rotatable bonds is 2. The molecular formula is C11H24N2S. The smallest absolute Gasteiger partial charge is 0.0342 e. The summed E-state index contributed by atoms with van der Waals surface area (Å²) in [5, 5.41) is 3.49. The van der Waals surface area contributed by atoms with Gasteiger partial charge in [0.1, 0.15) is 0 Å². The van der Waals surface area contributed by atoms with Gasteiger partial charge in [0.15, 0.2) is 0 Å². The molecule has 1 fully saturated rings. The maximum Gasteiger partial charge on any atom is 0.0342 e. The molecule has 2 nitrogen and oxygen atoms in total. The molecule has 0 bridgehead atoms. The van der Waals surface area contributed by atoms with Crippen LogP contribution in [0.2, 0.25) is 0 Å². The van der Waals surface area contributed by atoms with Crippen LogP contribution in [0.1, 0.15) is 20.8 Å². The van der Waals surface area contributed by atoms with E-state index in [1.807, 2.05) is 0 Å². The Kier molecular flexibility index (Phi) is 4.29. The third-order valence-corrected chi connectivity index (χ3v) is 4.12. The summed E-state index contributed by atoms with van der Waals surface area (Å²) in [5.74, 6) is 2.55. The highest BCUT2D eigenvalue weighted by molar-refractivity contribution is 7.99. The van der Waals surface area contributed by atoms with Gasteiger partial charge in [-0.05, 0) is 19.5 Å². The minimum absolute atomic E-state index is 0.339. The maximum atomic E-state index is 3.49. The summed E-state index contributed by atoms with van der Waals surface area (Å²) in [5.41, 5.74) is 0.339. The van der Waals surface area contributed by atoms with E-state index in [0.717, 1.165) is 0 Å². The molecule has 2 atom stereocenters. The molecule has 1 aliphatic heterocycles. The Labute approximate surface area is 92.8 Å². The normalized spacial score (nSPS) is 27.6. The van der Waals surface area contributed by atoms with Gasteiger partial charge in [0, 0.05) is 30.1 Å². The fourth-order valence-electron chi connectivity index (χ4n) is 2.26. The average molecular weight is 216 g/mol. The molecule has 0 aromatic heterocycles. The molecule has 84 valence electrons. The lowest BCUT2D eigenvalue weighted by Crippen LogP contribution is -2.57. The fraction of sp³-hybridized carbons (Fsp3) is 1.00. The summed E-state index contributed by atoms with van der Waals surface area (Å²) >= 11 is 2.08. The first-order valence-electron chi connectivity index (χ1n) is 5.42. The lowest BCUT2D eigenvalue weighted by Gasteiger charge is -2.43. The largest absolute Gasteiger partial charge is 0.315 e. The van der Waals surface area contributed by atoms with Crippen molar-refractivity contribution >= 4 is 11.8 Å². The zero-order valence-electron chi connectivity index (χ0n) is 10.1. The topological polar surface area (TPSA) is 15.3 Å². The van der Waals surface area contributed by atoms with E-state index in [1.165, 1.54) is 18.1 Å². The van der Waals surface area contributed by atoms with E-state index in [-0.39, 0.29) is 0 Å². The number of hydrogen-bond donors (Lipinski definition) is 1. The van der Waals surface area contributed by atoms with Crippen LogP contribution >= 0.6 is 11.8 Å². The molecule has 0 spiro atoms. The Balaban J connectivity index is 2.67. The second-order valence-electron chi connectivity index (χ2n) is 5.26. The Bertz CT molecular complexity index is 177. The van der Waals surface area contributed by atoms with Crippen molar-refractivity contribution < 1.29 is 0 Å². The van der Waals surface area contributed by atoms with Crippen LogP contribution < -0.4 is 5.32 Å². The molecule has 1 heterocycles.